The van der Waals surface area contributed by atoms with Gasteiger partial charge in [0.1, 0.15) is 0 Å². The van der Waals surface area contributed by atoms with Crippen LogP contribution in [0.4, 0.5) is 0 Å². The Morgan fingerprint density at radius 2 is 1.59 bits per heavy atom. The highest BCUT2D eigenvalue weighted by Gasteiger charge is 2.43. The molecule has 0 radical (unpaired) electrons. The monoisotopic (exact) mass is 238 g/mol. The Hall–Kier alpha value is -0.0800. The number of rotatable bonds is 6. The van der Waals surface area contributed by atoms with Crippen LogP contribution in [-0.2, 0) is 0 Å². The van der Waals surface area contributed by atoms with Gasteiger partial charge in [-0.15, -0.1) is 0 Å². The van der Waals surface area contributed by atoms with E-state index in [9.17, 15) is 0 Å². The molecule has 0 aromatic heterocycles. The van der Waals surface area contributed by atoms with Crippen LogP contribution in [0.2, 0.25) is 0 Å². The van der Waals surface area contributed by atoms with Crippen molar-refractivity contribution in [2.45, 2.75) is 52.4 Å². The first-order chi connectivity index (χ1) is 8.28. The zero-order chi connectivity index (χ0) is 12.1. The average molecular weight is 238 g/mol. The number of hydrogen-bond acceptors (Lipinski definition) is 2. The first-order valence-electron chi connectivity index (χ1n) is 7.73. The summed E-state index contributed by atoms with van der Waals surface area (Å²) in [4.78, 5) is 5.30. The van der Waals surface area contributed by atoms with Crippen molar-refractivity contribution in [3.05, 3.63) is 0 Å². The molecule has 1 spiro atoms. The molecule has 2 rings (SSSR count). The number of likely N-dealkylation sites (tertiary alicyclic amines) is 2. The highest BCUT2D eigenvalue weighted by atomic mass is 15.2. The summed E-state index contributed by atoms with van der Waals surface area (Å²) in [5.74, 6) is 0. The highest BCUT2D eigenvalue weighted by molar-refractivity contribution is 4.97. The molecule has 17 heavy (non-hydrogen) atoms. The van der Waals surface area contributed by atoms with E-state index in [0.717, 1.165) is 5.41 Å². The Morgan fingerprint density at radius 3 is 2.18 bits per heavy atom. The third kappa shape index (κ3) is 3.45. The van der Waals surface area contributed by atoms with Crippen LogP contribution >= 0.6 is 0 Å². The van der Waals surface area contributed by atoms with E-state index in [1.54, 1.807) is 0 Å². The van der Waals surface area contributed by atoms with Gasteiger partial charge < -0.3 is 9.80 Å². The van der Waals surface area contributed by atoms with E-state index >= 15 is 0 Å². The number of piperidine rings is 1. The standard InChI is InChI=1S/C15H30N2/c1-3-5-6-7-10-17-13-15(14-17)8-11-16(4-2)12-9-15/h3-14H2,1-2H3. The summed E-state index contributed by atoms with van der Waals surface area (Å²) < 4.78 is 0. The number of hydrogen-bond donors (Lipinski definition) is 0. The average Bonchev–Trinajstić information content (AvgIpc) is 2.33. The summed E-state index contributed by atoms with van der Waals surface area (Å²) >= 11 is 0. The molecule has 0 aliphatic carbocycles. The smallest absolute Gasteiger partial charge is 0.00514 e. The lowest BCUT2D eigenvalue weighted by molar-refractivity contribution is -0.0459. The second-order valence-corrected chi connectivity index (χ2v) is 6.21. The molecule has 2 fully saturated rings. The summed E-state index contributed by atoms with van der Waals surface area (Å²) in [7, 11) is 0. The van der Waals surface area contributed by atoms with Gasteiger partial charge in [0.25, 0.3) is 0 Å². The summed E-state index contributed by atoms with van der Waals surface area (Å²) in [6.07, 6.45) is 8.54. The van der Waals surface area contributed by atoms with Crippen molar-refractivity contribution >= 4 is 0 Å². The highest BCUT2D eigenvalue weighted by Crippen LogP contribution is 2.40. The minimum Gasteiger partial charge on any atom is -0.304 e. The predicted molar refractivity (Wildman–Crippen MR) is 74.4 cm³/mol. The fourth-order valence-electron chi connectivity index (χ4n) is 3.48. The normalized spacial score (nSPS) is 25.1. The van der Waals surface area contributed by atoms with E-state index in [1.807, 2.05) is 0 Å². The first-order valence-corrected chi connectivity index (χ1v) is 7.73. The van der Waals surface area contributed by atoms with Crippen LogP contribution in [0.1, 0.15) is 52.4 Å². The number of unbranched alkanes of at least 4 members (excludes halogenated alkanes) is 3. The fourth-order valence-corrected chi connectivity index (χ4v) is 3.48. The molecule has 0 N–H and O–H groups in total. The van der Waals surface area contributed by atoms with Crippen LogP contribution < -0.4 is 0 Å². The molecule has 0 atom stereocenters. The van der Waals surface area contributed by atoms with Crippen LogP contribution in [0.15, 0.2) is 0 Å². The molecule has 2 nitrogen and oxygen atoms in total. The van der Waals surface area contributed by atoms with Crippen LogP contribution in [0.25, 0.3) is 0 Å². The lowest BCUT2D eigenvalue weighted by atomic mass is 9.72. The fraction of sp³-hybridized carbons (Fsp3) is 1.00. The molecule has 0 aromatic rings. The molecular formula is C15H30N2. The van der Waals surface area contributed by atoms with Crippen LogP contribution in [0.3, 0.4) is 0 Å². The van der Waals surface area contributed by atoms with Gasteiger partial charge in [0.15, 0.2) is 0 Å². The van der Waals surface area contributed by atoms with Crippen molar-refractivity contribution in [3.63, 3.8) is 0 Å². The van der Waals surface area contributed by atoms with Gasteiger partial charge in [0.05, 0.1) is 0 Å². The minimum absolute atomic E-state index is 0.733. The van der Waals surface area contributed by atoms with E-state index in [-0.39, 0.29) is 0 Å². The Bertz CT molecular complexity index is 211. The number of nitrogens with zero attached hydrogens (tertiary/aromatic N) is 2. The zero-order valence-electron chi connectivity index (χ0n) is 11.9. The summed E-state index contributed by atoms with van der Waals surface area (Å²) in [5.41, 5.74) is 0.733. The lowest BCUT2D eigenvalue weighted by Crippen LogP contribution is -2.60. The Morgan fingerprint density at radius 1 is 0.882 bits per heavy atom. The van der Waals surface area contributed by atoms with Crippen molar-refractivity contribution in [3.8, 4) is 0 Å². The van der Waals surface area contributed by atoms with E-state index in [2.05, 4.69) is 23.6 Å². The maximum atomic E-state index is 2.69. The van der Waals surface area contributed by atoms with Gasteiger partial charge in [-0.1, -0.05) is 33.1 Å². The van der Waals surface area contributed by atoms with Gasteiger partial charge in [-0.25, -0.2) is 0 Å². The molecular weight excluding hydrogens is 208 g/mol. The van der Waals surface area contributed by atoms with Crippen molar-refractivity contribution in [1.29, 1.82) is 0 Å². The predicted octanol–water partition coefficient (Wildman–Crippen LogP) is 2.98. The van der Waals surface area contributed by atoms with E-state index in [4.69, 9.17) is 0 Å². The Kier molecular flexibility index (Phi) is 4.87. The molecule has 2 aliphatic rings. The molecule has 0 bridgehead atoms. The van der Waals surface area contributed by atoms with Gasteiger partial charge >= 0.3 is 0 Å². The van der Waals surface area contributed by atoms with Gasteiger partial charge in [0.2, 0.25) is 0 Å². The largest absolute Gasteiger partial charge is 0.304 e. The summed E-state index contributed by atoms with van der Waals surface area (Å²) in [5, 5.41) is 0. The van der Waals surface area contributed by atoms with Crippen molar-refractivity contribution < 1.29 is 0 Å². The van der Waals surface area contributed by atoms with Gasteiger partial charge in [-0.05, 0) is 50.9 Å². The molecule has 100 valence electrons. The molecule has 2 saturated heterocycles. The quantitative estimate of drug-likeness (QED) is 0.656. The topological polar surface area (TPSA) is 6.48 Å². The molecule has 0 aromatic carbocycles. The first kappa shape index (κ1) is 13.4. The molecule has 2 aliphatic heterocycles. The van der Waals surface area contributed by atoms with Crippen molar-refractivity contribution in [2.24, 2.45) is 5.41 Å². The van der Waals surface area contributed by atoms with Crippen LogP contribution in [-0.4, -0.2) is 49.1 Å². The second kappa shape index (κ2) is 6.19. The SMILES string of the molecule is CCCCCCN1CC2(CCN(CC)CC2)C1. The maximum absolute atomic E-state index is 2.69. The lowest BCUT2D eigenvalue weighted by Gasteiger charge is -2.54. The molecule has 2 heterocycles. The van der Waals surface area contributed by atoms with E-state index < -0.39 is 0 Å². The Labute approximate surface area is 107 Å². The van der Waals surface area contributed by atoms with Crippen molar-refractivity contribution in [2.75, 3.05) is 39.3 Å². The zero-order valence-corrected chi connectivity index (χ0v) is 11.9. The third-order valence-electron chi connectivity index (χ3n) is 4.81. The molecule has 0 unspecified atom stereocenters. The third-order valence-corrected chi connectivity index (χ3v) is 4.81. The maximum Gasteiger partial charge on any atom is 0.00514 e. The minimum atomic E-state index is 0.733. The summed E-state index contributed by atoms with van der Waals surface area (Å²) in [6.45, 7) is 12.7. The van der Waals surface area contributed by atoms with E-state index in [0.29, 0.717) is 0 Å². The van der Waals surface area contributed by atoms with Gasteiger partial charge in [-0.3, -0.25) is 0 Å². The molecule has 0 saturated carbocycles. The van der Waals surface area contributed by atoms with Crippen LogP contribution in [0.5, 0.6) is 0 Å². The second-order valence-electron chi connectivity index (χ2n) is 6.21. The van der Waals surface area contributed by atoms with Gasteiger partial charge in [0, 0.05) is 13.1 Å². The van der Waals surface area contributed by atoms with Crippen molar-refractivity contribution in [1.82, 2.24) is 9.80 Å². The summed E-state index contributed by atoms with van der Waals surface area (Å²) in [6, 6.07) is 0. The van der Waals surface area contributed by atoms with Crippen LogP contribution in [0, 0.1) is 5.41 Å². The van der Waals surface area contributed by atoms with Gasteiger partial charge in [-0.2, -0.15) is 0 Å². The molecule has 0 amide bonds. The molecule has 2 heteroatoms. The Balaban J connectivity index is 1.58. The van der Waals surface area contributed by atoms with E-state index in [1.165, 1.54) is 77.8 Å².